The fourth-order valence-electron chi connectivity index (χ4n) is 2.53. The Labute approximate surface area is 117 Å². The molecule has 0 saturated carbocycles. The molecule has 1 fully saturated rings. The third-order valence-electron chi connectivity index (χ3n) is 3.55. The minimum Gasteiger partial charge on any atom is -0.469 e. The molecule has 1 saturated heterocycles. The van der Waals surface area contributed by atoms with Gasteiger partial charge in [-0.05, 0) is 25.5 Å². The first-order valence-corrected chi connectivity index (χ1v) is 6.60. The predicted molar refractivity (Wildman–Crippen MR) is 70.1 cm³/mol. The molecule has 20 heavy (non-hydrogen) atoms. The van der Waals surface area contributed by atoms with Gasteiger partial charge in [0.1, 0.15) is 0 Å². The fourth-order valence-corrected chi connectivity index (χ4v) is 2.53. The lowest BCUT2D eigenvalue weighted by atomic mass is 9.98. The Balaban J connectivity index is 2.01. The normalized spacial score (nSPS) is 19.6. The maximum atomic E-state index is 11.6. The Morgan fingerprint density at radius 3 is 2.90 bits per heavy atom. The van der Waals surface area contributed by atoms with Crippen LogP contribution < -0.4 is 0 Å². The number of hydrogen-bond donors (Lipinski definition) is 0. The SMILES string of the molecule is COC(=O)c1occc1CN1CCC[C@H](C(=O)OC)C1. The molecule has 1 aromatic heterocycles. The third kappa shape index (κ3) is 3.19. The molecule has 0 bridgehead atoms. The summed E-state index contributed by atoms with van der Waals surface area (Å²) in [5.74, 6) is -0.517. The smallest absolute Gasteiger partial charge is 0.374 e. The van der Waals surface area contributed by atoms with Crippen molar-refractivity contribution in [2.24, 2.45) is 5.92 Å². The molecule has 0 radical (unpaired) electrons. The van der Waals surface area contributed by atoms with Gasteiger partial charge in [-0.2, -0.15) is 0 Å². The summed E-state index contributed by atoms with van der Waals surface area (Å²) in [6, 6.07) is 1.76. The van der Waals surface area contributed by atoms with Crippen LogP contribution in [0, 0.1) is 5.92 Å². The lowest BCUT2D eigenvalue weighted by molar-refractivity contribution is -0.147. The zero-order valence-corrected chi connectivity index (χ0v) is 11.8. The van der Waals surface area contributed by atoms with Crippen molar-refractivity contribution < 1.29 is 23.5 Å². The number of ether oxygens (including phenoxy) is 2. The highest BCUT2D eigenvalue weighted by atomic mass is 16.5. The van der Waals surface area contributed by atoms with Crippen LogP contribution in [-0.4, -0.2) is 44.1 Å². The highest BCUT2D eigenvalue weighted by Gasteiger charge is 2.27. The van der Waals surface area contributed by atoms with E-state index >= 15 is 0 Å². The van der Waals surface area contributed by atoms with Crippen molar-refractivity contribution in [3.05, 3.63) is 23.7 Å². The molecule has 2 rings (SSSR count). The predicted octanol–water partition coefficient (Wildman–Crippen LogP) is 1.45. The largest absolute Gasteiger partial charge is 0.469 e. The number of rotatable bonds is 4. The van der Waals surface area contributed by atoms with Crippen LogP contribution in [-0.2, 0) is 20.8 Å². The van der Waals surface area contributed by atoms with Gasteiger partial charge in [0.15, 0.2) is 0 Å². The molecule has 0 aliphatic carbocycles. The van der Waals surface area contributed by atoms with E-state index < -0.39 is 5.97 Å². The van der Waals surface area contributed by atoms with E-state index in [0.717, 1.165) is 24.9 Å². The molecule has 1 atom stereocenters. The van der Waals surface area contributed by atoms with E-state index in [-0.39, 0.29) is 17.6 Å². The van der Waals surface area contributed by atoms with Crippen LogP contribution in [0.15, 0.2) is 16.7 Å². The number of carbonyl (C=O) groups excluding carboxylic acids is 2. The second kappa shape index (κ2) is 6.56. The second-order valence-corrected chi connectivity index (χ2v) is 4.86. The standard InChI is InChI=1S/C14H19NO5/c1-18-13(16)11-4-3-6-15(9-11)8-10-5-7-20-12(10)14(17)19-2/h5,7,11H,3-4,6,8-9H2,1-2H3/t11-/m0/s1. The number of likely N-dealkylation sites (tertiary alicyclic amines) is 1. The third-order valence-corrected chi connectivity index (χ3v) is 3.55. The Morgan fingerprint density at radius 1 is 1.40 bits per heavy atom. The van der Waals surface area contributed by atoms with Gasteiger partial charge in [-0.3, -0.25) is 9.69 Å². The summed E-state index contributed by atoms with van der Waals surface area (Å²) in [6.07, 6.45) is 3.26. The monoisotopic (exact) mass is 281 g/mol. The number of piperidine rings is 1. The van der Waals surface area contributed by atoms with Crippen LogP contribution in [0.1, 0.15) is 29.0 Å². The van der Waals surface area contributed by atoms with E-state index in [4.69, 9.17) is 9.15 Å². The molecule has 1 aliphatic heterocycles. The Kier molecular flexibility index (Phi) is 4.79. The molecule has 1 aromatic rings. The van der Waals surface area contributed by atoms with Gasteiger partial charge < -0.3 is 13.9 Å². The number of carbonyl (C=O) groups is 2. The van der Waals surface area contributed by atoms with Gasteiger partial charge in [-0.15, -0.1) is 0 Å². The van der Waals surface area contributed by atoms with Crippen molar-refractivity contribution >= 4 is 11.9 Å². The van der Waals surface area contributed by atoms with Crippen LogP contribution in [0.25, 0.3) is 0 Å². The van der Waals surface area contributed by atoms with Crippen LogP contribution in [0.5, 0.6) is 0 Å². The minimum absolute atomic E-state index is 0.0952. The Bertz CT molecular complexity index is 482. The van der Waals surface area contributed by atoms with E-state index in [2.05, 4.69) is 9.64 Å². The molecular formula is C14H19NO5. The van der Waals surface area contributed by atoms with Crippen molar-refractivity contribution in [1.82, 2.24) is 4.90 Å². The van der Waals surface area contributed by atoms with Crippen molar-refractivity contribution in [3.8, 4) is 0 Å². The molecule has 6 nitrogen and oxygen atoms in total. The number of esters is 2. The summed E-state index contributed by atoms with van der Waals surface area (Å²) in [5, 5.41) is 0. The molecule has 0 aromatic carbocycles. The average Bonchev–Trinajstić information content (AvgIpc) is 2.94. The van der Waals surface area contributed by atoms with Gasteiger partial charge in [0.05, 0.1) is 26.4 Å². The van der Waals surface area contributed by atoms with Gasteiger partial charge in [-0.1, -0.05) is 0 Å². The van der Waals surface area contributed by atoms with E-state index in [0.29, 0.717) is 13.1 Å². The lowest BCUT2D eigenvalue weighted by Gasteiger charge is -2.30. The van der Waals surface area contributed by atoms with Crippen LogP contribution in [0.3, 0.4) is 0 Å². The van der Waals surface area contributed by atoms with Gasteiger partial charge in [0.2, 0.25) is 5.76 Å². The van der Waals surface area contributed by atoms with Crippen molar-refractivity contribution in [2.75, 3.05) is 27.3 Å². The van der Waals surface area contributed by atoms with Crippen LogP contribution >= 0.6 is 0 Å². The summed E-state index contributed by atoms with van der Waals surface area (Å²) >= 11 is 0. The quantitative estimate of drug-likeness (QED) is 0.778. The average molecular weight is 281 g/mol. The number of hydrogen-bond acceptors (Lipinski definition) is 6. The fraction of sp³-hybridized carbons (Fsp3) is 0.571. The first kappa shape index (κ1) is 14.6. The maximum absolute atomic E-state index is 11.6. The number of nitrogens with zero attached hydrogens (tertiary/aromatic N) is 1. The van der Waals surface area contributed by atoms with Crippen LogP contribution in [0.2, 0.25) is 0 Å². The molecule has 0 N–H and O–H groups in total. The minimum atomic E-state index is -0.480. The first-order chi connectivity index (χ1) is 9.65. The van der Waals surface area contributed by atoms with Gasteiger partial charge in [0.25, 0.3) is 0 Å². The summed E-state index contributed by atoms with van der Waals surface area (Å²) in [5.41, 5.74) is 0.780. The zero-order valence-electron chi connectivity index (χ0n) is 11.8. The van der Waals surface area contributed by atoms with Gasteiger partial charge >= 0.3 is 11.9 Å². The van der Waals surface area contributed by atoms with Gasteiger partial charge in [0, 0.05) is 18.7 Å². The molecule has 2 heterocycles. The molecule has 0 unspecified atom stereocenters. The zero-order chi connectivity index (χ0) is 14.5. The van der Waals surface area contributed by atoms with E-state index in [1.165, 1.54) is 20.5 Å². The molecule has 0 amide bonds. The highest BCUT2D eigenvalue weighted by molar-refractivity contribution is 5.87. The van der Waals surface area contributed by atoms with Crippen LogP contribution in [0.4, 0.5) is 0 Å². The maximum Gasteiger partial charge on any atom is 0.374 e. The van der Waals surface area contributed by atoms with E-state index in [1.54, 1.807) is 6.07 Å². The summed E-state index contributed by atoms with van der Waals surface area (Å²) in [6.45, 7) is 2.09. The first-order valence-electron chi connectivity index (χ1n) is 6.60. The summed E-state index contributed by atoms with van der Waals surface area (Å²) in [7, 11) is 2.73. The molecule has 1 aliphatic rings. The lowest BCUT2D eigenvalue weighted by Crippen LogP contribution is -2.38. The van der Waals surface area contributed by atoms with Crippen molar-refractivity contribution in [3.63, 3.8) is 0 Å². The molecule has 6 heteroatoms. The van der Waals surface area contributed by atoms with Crippen molar-refractivity contribution in [2.45, 2.75) is 19.4 Å². The van der Waals surface area contributed by atoms with Gasteiger partial charge in [-0.25, -0.2) is 4.79 Å². The van der Waals surface area contributed by atoms with E-state index in [1.807, 2.05) is 0 Å². The molecular weight excluding hydrogens is 262 g/mol. The topological polar surface area (TPSA) is 69.0 Å². The Hall–Kier alpha value is -1.82. The van der Waals surface area contributed by atoms with E-state index in [9.17, 15) is 9.59 Å². The number of furan rings is 1. The Morgan fingerprint density at radius 2 is 2.20 bits per heavy atom. The summed E-state index contributed by atoms with van der Waals surface area (Å²) < 4.78 is 14.6. The number of methoxy groups -OCH3 is 2. The highest BCUT2D eigenvalue weighted by Crippen LogP contribution is 2.21. The molecule has 0 spiro atoms. The second-order valence-electron chi connectivity index (χ2n) is 4.86. The molecule has 110 valence electrons. The summed E-state index contributed by atoms with van der Waals surface area (Å²) in [4.78, 5) is 25.3. The van der Waals surface area contributed by atoms with Crippen molar-refractivity contribution in [1.29, 1.82) is 0 Å².